The largest absolute Gasteiger partial charge is 0.494 e. The lowest BCUT2D eigenvalue weighted by Gasteiger charge is -2.31. The Balaban J connectivity index is 1.88. The Hall–Kier alpha value is -2.11. The van der Waals surface area contributed by atoms with E-state index in [2.05, 4.69) is 0 Å². The van der Waals surface area contributed by atoms with Crippen LogP contribution in [0, 0.1) is 11.7 Å². The van der Waals surface area contributed by atoms with Gasteiger partial charge in [0.05, 0.1) is 26.1 Å². The number of methoxy groups -OCH3 is 1. The predicted molar refractivity (Wildman–Crippen MR) is 82.6 cm³/mol. The summed E-state index contributed by atoms with van der Waals surface area (Å²) in [7, 11) is 1.40. The van der Waals surface area contributed by atoms with Gasteiger partial charge in [-0.2, -0.15) is 0 Å². The Labute approximate surface area is 135 Å². The Morgan fingerprint density at radius 1 is 1.30 bits per heavy atom. The number of rotatable bonds is 5. The van der Waals surface area contributed by atoms with Crippen LogP contribution in [-0.2, 0) is 20.7 Å². The molecule has 0 aliphatic carbocycles. The van der Waals surface area contributed by atoms with Gasteiger partial charge < -0.3 is 14.4 Å². The Kier molecular flexibility index (Phi) is 5.96. The summed E-state index contributed by atoms with van der Waals surface area (Å²) in [6, 6.07) is 4.53. The van der Waals surface area contributed by atoms with Crippen molar-refractivity contribution < 1.29 is 23.5 Å². The number of likely N-dealkylation sites (tertiary alicyclic amines) is 1. The maximum atomic E-state index is 13.7. The smallest absolute Gasteiger partial charge is 0.309 e. The molecule has 1 aliphatic heterocycles. The average molecular weight is 323 g/mol. The zero-order valence-corrected chi connectivity index (χ0v) is 13.5. The quantitative estimate of drug-likeness (QED) is 0.780. The molecule has 0 N–H and O–H groups in total. The number of carbonyl (C=O) groups is 2. The summed E-state index contributed by atoms with van der Waals surface area (Å²) >= 11 is 0. The highest BCUT2D eigenvalue weighted by Crippen LogP contribution is 2.21. The monoisotopic (exact) mass is 323 g/mol. The van der Waals surface area contributed by atoms with Gasteiger partial charge in [0.2, 0.25) is 5.91 Å². The summed E-state index contributed by atoms with van der Waals surface area (Å²) in [5.74, 6) is -0.679. The molecule has 1 amide bonds. The van der Waals surface area contributed by atoms with E-state index in [1.807, 2.05) is 0 Å². The molecule has 23 heavy (non-hydrogen) atoms. The number of esters is 1. The lowest BCUT2D eigenvalue weighted by Crippen LogP contribution is -2.41. The topological polar surface area (TPSA) is 55.8 Å². The van der Waals surface area contributed by atoms with Crippen molar-refractivity contribution >= 4 is 11.9 Å². The first-order valence-corrected chi connectivity index (χ1v) is 7.82. The number of carbonyl (C=O) groups excluding carboxylic acids is 2. The summed E-state index contributed by atoms with van der Waals surface area (Å²) in [6.45, 7) is 3.22. The van der Waals surface area contributed by atoms with Crippen molar-refractivity contribution in [1.82, 2.24) is 4.90 Å². The van der Waals surface area contributed by atoms with Crippen LogP contribution in [0.15, 0.2) is 18.2 Å². The fourth-order valence-corrected chi connectivity index (χ4v) is 2.73. The minimum absolute atomic E-state index is 0.0584. The minimum Gasteiger partial charge on any atom is -0.494 e. The lowest BCUT2D eigenvalue weighted by atomic mass is 9.96. The van der Waals surface area contributed by atoms with Crippen LogP contribution in [0.3, 0.4) is 0 Å². The van der Waals surface area contributed by atoms with Crippen molar-refractivity contribution in [3.63, 3.8) is 0 Å². The van der Waals surface area contributed by atoms with Crippen LogP contribution in [0.4, 0.5) is 4.39 Å². The van der Waals surface area contributed by atoms with Crippen LogP contribution >= 0.6 is 0 Å². The first-order valence-electron chi connectivity index (χ1n) is 7.82. The maximum absolute atomic E-state index is 13.7. The van der Waals surface area contributed by atoms with Crippen LogP contribution in [0.5, 0.6) is 5.75 Å². The molecule has 0 aromatic heterocycles. The standard InChI is InChI=1S/C17H22FNO4/c1-3-23-17(21)13-6-8-19(9-7-13)16(20)11-12-4-5-15(22-2)14(18)10-12/h4-5,10,13H,3,6-9,11H2,1-2H3. The van der Waals surface area contributed by atoms with E-state index >= 15 is 0 Å². The molecular weight excluding hydrogens is 301 g/mol. The van der Waals surface area contributed by atoms with E-state index in [1.165, 1.54) is 19.2 Å². The zero-order valence-electron chi connectivity index (χ0n) is 13.5. The third-order valence-corrected chi connectivity index (χ3v) is 4.04. The van der Waals surface area contributed by atoms with Gasteiger partial charge in [0.15, 0.2) is 11.6 Å². The van der Waals surface area contributed by atoms with Gasteiger partial charge in [-0.1, -0.05) is 6.07 Å². The summed E-state index contributed by atoms with van der Waals surface area (Å²) < 4.78 is 23.5. The van der Waals surface area contributed by atoms with Crippen molar-refractivity contribution in [1.29, 1.82) is 0 Å². The van der Waals surface area contributed by atoms with Gasteiger partial charge in [0.1, 0.15) is 0 Å². The van der Waals surface area contributed by atoms with E-state index in [-0.39, 0.29) is 30.0 Å². The molecule has 0 atom stereocenters. The molecule has 1 saturated heterocycles. The van der Waals surface area contributed by atoms with Crippen molar-refractivity contribution in [2.45, 2.75) is 26.2 Å². The first kappa shape index (κ1) is 17.2. The fraction of sp³-hybridized carbons (Fsp3) is 0.529. The highest BCUT2D eigenvalue weighted by molar-refractivity contribution is 5.79. The number of hydrogen-bond acceptors (Lipinski definition) is 4. The molecular formula is C17H22FNO4. The molecule has 126 valence electrons. The first-order chi connectivity index (χ1) is 11.0. The van der Waals surface area contributed by atoms with Gasteiger partial charge in [-0.15, -0.1) is 0 Å². The number of halogens is 1. The molecule has 0 spiro atoms. The second-order valence-electron chi connectivity index (χ2n) is 5.55. The number of piperidine rings is 1. The highest BCUT2D eigenvalue weighted by atomic mass is 19.1. The molecule has 0 radical (unpaired) electrons. The zero-order chi connectivity index (χ0) is 16.8. The van der Waals surface area contributed by atoms with Crippen LogP contribution in [-0.4, -0.2) is 43.6 Å². The minimum atomic E-state index is -0.473. The lowest BCUT2D eigenvalue weighted by molar-refractivity contribution is -0.151. The summed E-state index contributed by atoms with van der Waals surface area (Å²) in [5, 5.41) is 0. The Morgan fingerprint density at radius 3 is 2.57 bits per heavy atom. The highest BCUT2D eigenvalue weighted by Gasteiger charge is 2.28. The summed E-state index contributed by atoms with van der Waals surface area (Å²) in [6.07, 6.45) is 1.37. The van der Waals surface area contributed by atoms with Crippen molar-refractivity contribution in [3.8, 4) is 5.75 Å². The molecule has 1 aliphatic rings. The summed E-state index contributed by atoms with van der Waals surface area (Å²) in [4.78, 5) is 25.7. The average Bonchev–Trinajstić information content (AvgIpc) is 2.55. The number of nitrogens with zero attached hydrogens (tertiary/aromatic N) is 1. The number of amides is 1. The number of hydrogen-bond donors (Lipinski definition) is 0. The molecule has 0 saturated carbocycles. The van der Waals surface area contributed by atoms with Gasteiger partial charge in [0, 0.05) is 13.1 Å². The van der Waals surface area contributed by atoms with Crippen molar-refractivity contribution in [2.24, 2.45) is 5.92 Å². The third kappa shape index (κ3) is 4.43. The molecule has 1 fully saturated rings. The number of ether oxygens (including phenoxy) is 2. The second-order valence-corrected chi connectivity index (χ2v) is 5.55. The summed E-state index contributed by atoms with van der Waals surface area (Å²) in [5.41, 5.74) is 0.612. The van der Waals surface area contributed by atoms with E-state index in [0.29, 0.717) is 38.1 Å². The van der Waals surface area contributed by atoms with Crippen molar-refractivity contribution in [2.75, 3.05) is 26.8 Å². The SMILES string of the molecule is CCOC(=O)C1CCN(C(=O)Cc2ccc(OC)c(F)c2)CC1. The van der Waals surface area contributed by atoms with E-state index in [4.69, 9.17) is 9.47 Å². The molecule has 2 rings (SSSR count). The molecule has 5 nitrogen and oxygen atoms in total. The predicted octanol–water partition coefficient (Wildman–Crippen LogP) is 2.18. The maximum Gasteiger partial charge on any atom is 0.309 e. The number of benzene rings is 1. The van der Waals surface area contributed by atoms with Gasteiger partial charge >= 0.3 is 5.97 Å². The normalized spacial score (nSPS) is 15.3. The third-order valence-electron chi connectivity index (χ3n) is 4.04. The van der Waals surface area contributed by atoms with Gasteiger partial charge in [-0.3, -0.25) is 9.59 Å². The van der Waals surface area contributed by atoms with Gasteiger partial charge in [-0.05, 0) is 37.5 Å². The van der Waals surface area contributed by atoms with Crippen LogP contribution in [0.25, 0.3) is 0 Å². The van der Waals surface area contributed by atoms with E-state index in [0.717, 1.165) is 0 Å². The molecule has 1 aromatic carbocycles. The van der Waals surface area contributed by atoms with Crippen LogP contribution < -0.4 is 4.74 Å². The van der Waals surface area contributed by atoms with Crippen LogP contribution in [0.2, 0.25) is 0 Å². The molecule has 6 heteroatoms. The molecule has 1 heterocycles. The Bertz CT molecular complexity index is 568. The molecule has 1 aromatic rings. The molecule has 0 bridgehead atoms. The Morgan fingerprint density at radius 2 is 2.00 bits per heavy atom. The van der Waals surface area contributed by atoms with Crippen molar-refractivity contribution in [3.05, 3.63) is 29.6 Å². The molecule has 0 unspecified atom stereocenters. The van der Waals surface area contributed by atoms with Crippen LogP contribution in [0.1, 0.15) is 25.3 Å². The fourth-order valence-electron chi connectivity index (χ4n) is 2.73. The van der Waals surface area contributed by atoms with Gasteiger partial charge in [-0.25, -0.2) is 4.39 Å². The second kappa shape index (κ2) is 7.94. The van der Waals surface area contributed by atoms with E-state index < -0.39 is 5.82 Å². The van der Waals surface area contributed by atoms with E-state index in [9.17, 15) is 14.0 Å². The van der Waals surface area contributed by atoms with E-state index in [1.54, 1.807) is 17.9 Å². The van der Waals surface area contributed by atoms with Gasteiger partial charge in [0.25, 0.3) is 0 Å².